The average molecular weight is 335 g/mol. The summed E-state index contributed by atoms with van der Waals surface area (Å²) in [5, 5.41) is 3.14. The molecule has 1 rings (SSSR count). The second kappa shape index (κ2) is 11.7. The number of rotatable bonds is 11. The first-order valence-electron chi connectivity index (χ1n) is 9.03. The third kappa shape index (κ3) is 8.77. The molecular formula is C19H34N4O. The van der Waals surface area contributed by atoms with E-state index in [2.05, 4.69) is 42.9 Å². The zero-order valence-electron chi connectivity index (χ0n) is 15.7. The summed E-state index contributed by atoms with van der Waals surface area (Å²) < 4.78 is 5.78. The molecule has 5 heteroatoms. The van der Waals surface area contributed by atoms with E-state index >= 15 is 0 Å². The largest absolute Gasteiger partial charge is 0.492 e. The van der Waals surface area contributed by atoms with Crippen LogP contribution < -0.4 is 15.8 Å². The lowest BCUT2D eigenvalue weighted by Gasteiger charge is -2.18. The fourth-order valence-corrected chi connectivity index (χ4v) is 2.24. The van der Waals surface area contributed by atoms with Crippen molar-refractivity contribution in [1.82, 2.24) is 10.2 Å². The van der Waals surface area contributed by atoms with Crippen LogP contribution in [0.25, 0.3) is 0 Å². The molecule has 0 saturated carbocycles. The Morgan fingerprint density at radius 1 is 1.21 bits per heavy atom. The minimum absolute atomic E-state index is 0.509. The summed E-state index contributed by atoms with van der Waals surface area (Å²) in [5.41, 5.74) is 6.99. The first kappa shape index (κ1) is 20.3. The van der Waals surface area contributed by atoms with Crippen LogP contribution in [0.15, 0.2) is 29.3 Å². The van der Waals surface area contributed by atoms with Gasteiger partial charge in [0, 0.05) is 13.1 Å². The molecule has 1 aromatic carbocycles. The van der Waals surface area contributed by atoms with Crippen LogP contribution in [0.1, 0.15) is 39.7 Å². The Labute approximate surface area is 147 Å². The van der Waals surface area contributed by atoms with Gasteiger partial charge in [-0.3, -0.25) is 0 Å². The maximum atomic E-state index is 5.87. The molecule has 1 aromatic rings. The summed E-state index contributed by atoms with van der Waals surface area (Å²) in [6, 6.07) is 8.07. The summed E-state index contributed by atoms with van der Waals surface area (Å²) in [7, 11) is 0. The smallest absolute Gasteiger partial charge is 0.188 e. The predicted octanol–water partition coefficient (Wildman–Crippen LogP) is 2.86. The molecule has 0 unspecified atom stereocenters. The van der Waals surface area contributed by atoms with Crippen molar-refractivity contribution in [3.63, 3.8) is 0 Å². The number of guanidine groups is 1. The predicted molar refractivity (Wildman–Crippen MR) is 103 cm³/mol. The Morgan fingerprint density at radius 2 is 1.88 bits per heavy atom. The summed E-state index contributed by atoms with van der Waals surface area (Å²) in [4.78, 5) is 6.71. The molecule has 0 aliphatic carbocycles. The van der Waals surface area contributed by atoms with E-state index in [0.29, 0.717) is 25.0 Å². The molecule has 0 radical (unpaired) electrons. The number of nitrogens with two attached hydrogens (primary N) is 1. The quantitative estimate of drug-likeness (QED) is 0.482. The zero-order chi connectivity index (χ0) is 17.8. The van der Waals surface area contributed by atoms with E-state index in [-0.39, 0.29) is 0 Å². The maximum Gasteiger partial charge on any atom is 0.188 e. The Kier molecular flexibility index (Phi) is 9.92. The fraction of sp³-hybridized carbons (Fsp3) is 0.632. The lowest BCUT2D eigenvalue weighted by atomic mass is 10.1. The Balaban J connectivity index is 2.33. The number of aliphatic imine (C=N–C) groups is 1. The van der Waals surface area contributed by atoms with Crippen molar-refractivity contribution in [2.24, 2.45) is 16.6 Å². The molecule has 0 amide bonds. The molecule has 0 saturated heterocycles. The summed E-state index contributed by atoms with van der Waals surface area (Å²) in [5.74, 6) is 2.08. The highest BCUT2D eigenvalue weighted by Gasteiger charge is 2.00. The van der Waals surface area contributed by atoms with Gasteiger partial charge >= 0.3 is 0 Å². The van der Waals surface area contributed by atoms with Crippen LogP contribution in [0.5, 0.6) is 5.75 Å². The topological polar surface area (TPSA) is 62.9 Å². The van der Waals surface area contributed by atoms with Gasteiger partial charge in [-0.25, -0.2) is 4.99 Å². The Bertz CT molecular complexity index is 467. The number of nitrogens with zero attached hydrogens (tertiary/aromatic N) is 2. The second-order valence-corrected chi connectivity index (χ2v) is 6.33. The molecule has 136 valence electrons. The van der Waals surface area contributed by atoms with E-state index < -0.39 is 0 Å². The third-order valence-electron chi connectivity index (χ3n) is 3.95. The van der Waals surface area contributed by atoms with Crippen molar-refractivity contribution in [1.29, 1.82) is 0 Å². The minimum atomic E-state index is 0.509. The average Bonchev–Trinajstić information content (AvgIpc) is 2.57. The lowest BCUT2D eigenvalue weighted by Crippen LogP contribution is -2.32. The highest BCUT2D eigenvalue weighted by Crippen LogP contribution is 2.12. The monoisotopic (exact) mass is 334 g/mol. The number of nitrogens with one attached hydrogen (secondary N) is 1. The van der Waals surface area contributed by atoms with Gasteiger partial charge in [-0.05, 0) is 43.1 Å². The van der Waals surface area contributed by atoms with Gasteiger partial charge in [0.2, 0.25) is 0 Å². The molecule has 0 spiro atoms. The van der Waals surface area contributed by atoms with E-state index in [1.165, 1.54) is 0 Å². The van der Waals surface area contributed by atoms with E-state index in [9.17, 15) is 0 Å². The van der Waals surface area contributed by atoms with Crippen LogP contribution in [0.3, 0.4) is 0 Å². The maximum absolute atomic E-state index is 5.87. The van der Waals surface area contributed by atoms with Gasteiger partial charge < -0.3 is 20.7 Å². The molecule has 0 aliphatic rings. The van der Waals surface area contributed by atoms with Crippen molar-refractivity contribution in [2.45, 2.75) is 40.7 Å². The Morgan fingerprint density at radius 3 is 2.46 bits per heavy atom. The number of benzene rings is 1. The highest BCUT2D eigenvalue weighted by atomic mass is 16.5. The van der Waals surface area contributed by atoms with Crippen LogP contribution in [0.2, 0.25) is 0 Å². The normalized spacial score (nSPS) is 12.0. The van der Waals surface area contributed by atoms with Crippen molar-refractivity contribution < 1.29 is 4.74 Å². The molecule has 0 fully saturated rings. The van der Waals surface area contributed by atoms with Crippen LogP contribution in [0, 0.1) is 5.92 Å². The van der Waals surface area contributed by atoms with Gasteiger partial charge in [0.25, 0.3) is 0 Å². The van der Waals surface area contributed by atoms with Crippen molar-refractivity contribution in [3.8, 4) is 5.75 Å². The summed E-state index contributed by atoms with van der Waals surface area (Å²) in [6.45, 7) is 14.0. The molecule has 0 aromatic heterocycles. The number of likely N-dealkylation sites (N-methyl/N-ethyl adjacent to an activating group) is 1. The Hall–Kier alpha value is -1.75. The van der Waals surface area contributed by atoms with Gasteiger partial charge in [0.15, 0.2) is 5.96 Å². The second-order valence-electron chi connectivity index (χ2n) is 6.33. The van der Waals surface area contributed by atoms with Gasteiger partial charge in [-0.2, -0.15) is 0 Å². The lowest BCUT2D eigenvalue weighted by molar-refractivity contribution is 0.223. The highest BCUT2D eigenvalue weighted by molar-refractivity contribution is 5.77. The van der Waals surface area contributed by atoms with E-state index in [1.54, 1.807) is 0 Å². The van der Waals surface area contributed by atoms with E-state index in [4.69, 9.17) is 10.5 Å². The molecule has 24 heavy (non-hydrogen) atoms. The molecule has 0 atom stereocenters. The number of ether oxygens (including phenoxy) is 1. The molecule has 0 aliphatic heterocycles. The van der Waals surface area contributed by atoms with Crippen LogP contribution in [0.4, 0.5) is 0 Å². The fourth-order valence-electron chi connectivity index (χ4n) is 2.24. The van der Waals surface area contributed by atoms with Crippen molar-refractivity contribution in [2.75, 3.05) is 32.8 Å². The van der Waals surface area contributed by atoms with E-state index in [1.807, 2.05) is 24.3 Å². The van der Waals surface area contributed by atoms with Gasteiger partial charge in [0.05, 0.1) is 6.54 Å². The standard InChI is InChI=1S/C19H34N4O/c1-5-23(6-2)13-14-24-18-9-7-17(8-10-18)15-22-19(20)21-12-11-16(3)4/h7-10,16H,5-6,11-15H2,1-4H3,(H3,20,21,22). The van der Waals surface area contributed by atoms with Crippen LogP contribution in [-0.4, -0.2) is 43.6 Å². The molecular weight excluding hydrogens is 300 g/mol. The van der Waals surface area contributed by atoms with Gasteiger partial charge in [0.1, 0.15) is 12.4 Å². The third-order valence-corrected chi connectivity index (χ3v) is 3.95. The van der Waals surface area contributed by atoms with Gasteiger partial charge in [-0.15, -0.1) is 0 Å². The minimum Gasteiger partial charge on any atom is -0.492 e. The van der Waals surface area contributed by atoms with Crippen molar-refractivity contribution in [3.05, 3.63) is 29.8 Å². The van der Waals surface area contributed by atoms with Crippen molar-refractivity contribution >= 4 is 5.96 Å². The first-order chi connectivity index (χ1) is 11.5. The van der Waals surface area contributed by atoms with Gasteiger partial charge in [-0.1, -0.05) is 39.8 Å². The molecule has 0 heterocycles. The SMILES string of the molecule is CCN(CC)CCOc1ccc(CN=C(N)NCCC(C)C)cc1. The molecule has 0 bridgehead atoms. The molecule has 5 nitrogen and oxygen atoms in total. The molecule has 3 N–H and O–H groups in total. The number of hydrogen-bond acceptors (Lipinski definition) is 3. The number of hydrogen-bond donors (Lipinski definition) is 2. The van der Waals surface area contributed by atoms with Crippen LogP contribution in [-0.2, 0) is 6.54 Å². The van der Waals surface area contributed by atoms with Crippen LogP contribution >= 0.6 is 0 Å². The summed E-state index contributed by atoms with van der Waals surface area (Å²) in [6.07, 6.45) is 1.09. The first-order valence-corrected chi connectivity index (χ1v) is 9.03. The zero-order valence-corrected chi connectivity index (χ0v) is 15.7. The van der Waals surface area contributed by atoms with E-state index in [0.717, 1.165) is 43.9 Å². The summed E-state index contributed by atoms with van der Waals surface area (Å²) >= 11 is 0.